The van der Waals surface area contributed by atoms with E-state index < -0.39 is 0 Å². The third-order valence-corrected chi connectivity index (χ3v) is 4.38. The Morgan fingerprint density at radius 3 is 1.61 bits per heavy atom. The molecule has 3 aromatic carbocycles. The van der Waals surface area contributed by atoms with E-state index in [2.05, 4.69) is 0 Å². The van der Waals surface area contributed by atoms with Gasteiger partial charge in [0.15, 0.2) is 0 Å². The second-order valence-corrected chi connectivity index (χ2v) is 6.05. The molecule has 1 amide bonds. The van der Waals surface area contributed by atoms with Crippen molar-refractivity contribution in [2.24, 2.45) is 0 Å². The summed E-state index contributed by atoms with van der Waals surface area (Å²) in [7, 11) is 0. The predicted molar refractivity (Wildman–Crippen MR) is 97.2 cm³/mol. The third kappa shape index (κ3) is 4.02. The van der Waals surface area contributed by atoms with Crippen LogP contribution in [-0.4, -0.2) is 11.7 Å². The van der Waals surface area contributed by atoms with Gasteiger partial charge >= 0.3 is 0 Å². The van der Waals surface area contributed by atoms with Crippen LogP contribution in [0, 0.1) is 0 Å². The Morgan fingerprint density at radius 1 is 0.696 bits per heavy atom. The Labute approximate surface area is 140 Å². The second kappa shape index (κ2) is 7.65. The number of nitrogens with zero attached hydrogens (tertiary/aromatic N) is 1. The van der Waals surface area contributed by atoms with Gasteiger partial charge in [0, 0.05) is 16.3 Å². The molecule has 0 aliphatic carbocycles. The number of hydrogen-bond donors (Lipinski definition) is 0. The Morgan fingerprint density at radius 2 is 1.13 bits per heavy atom. The lowest BCUT2D eigenvalue weighted by Crippen LogP contribution is -2.27. The fourth-order valence-electron chi connectivity index (χ4n) is 2.32. The van der Waals surface area contributed by atoms with Gasteiger partial charge in [0.05, 0.1) is 5.75 Å². The average molecular weight is 319 g/mol. The quantitative estimate of drug-likeness (QED) is 0.607. The van der Waals surface area contributed by atoms with Crippen LogP contribution in [0.3, 0.4) is 0 Å². The van der Waals surface area contributed by atoms with E-state index in [9.17, 15) is 4.79 Å². The van der Waals surface area contributed by atoms with Gasteiger partial charge in [-0.25, -0.2) is 0 Å². The molecule has 0 aliphatic heterocycles. The molecule has 3 aromatic rings. The van der Waals surface area contributed by atoms with Crippen molar-refractivity contribution >= 4 is 29.0 Å². The van der Waals surface area contributed by atoms with E-state index >= 15 is 0 Å². The summed E-state index contributed by atoms with van der Waals surface area (Å²) in [5.41, 5.74) is 1.77. The number of benzene rings is 3. The molecule has 0 fully saturated rings. The highest BCUT2D eigenvalue weighted by Gasteiger charge is 2.17. The minimum Gasteiger partial charge on any atom is -0.280 e. The average Bonchev–Trinajstić information content (AvgIpc) is 2.63. The minimum atomic E-state index is 0.0660. The molecule has 0 heterocycles. The molecule has 0 spiro atoms. The Kier molecular flexibility index (Phi) is 5.12. The molecule has 114 valence electrons. The zero-order chi connectivity index (χ0) is 15.9. The number of amides is 1. The van der Waals surface area contributed by atoms with Crippen LogP contribution in [0.2, 0.25) is 0 Å². The first-order valence-corrected chi connectivity index (χ1v) is 8.44. The number of carbonyl (C=O) groups excluding carboxylic acids is 1. The van der Waals surface area contributed by atoms with Gasteiger partial charge in [-0.1, -0.05) is 54.6 Å². The van der Waals surface area contributed by atoms with Gasteiger partial charge in [-0.2, -0.15) is 0 Å². The summed E-state index contributed by atoms with van der Waals surface area (Å²) in [5.74, 6) is 0.463. The highest BCUT2D eigenvalue weighted by molar-refractivity contribution is 8.00. The van der Waals surface area contributed by atoms with Crippen molar-refractivity contribution in [3.05, 3.63) is 91.0 Å². The molecule has 0 aromatic heterocycles. The zero-order valence-electron chi connectivity index (χ0n) is 12.6. The first kappa shape index (κ1) is 15.4. The molecule has 3 heteroatoms. The van der Waals surface area contributed by atoms with Gasteiger partial charge < -0.3 is 0 Å². The fraction of sp³-hybridized carbons (Fsp3) is 0.0500. The Hall–Kier alpha value is -2.52. The Balaban J connectivity index is 1.82. The van der Waals surface area contributed by atoms with E-state index in [-0.39, 0.29) is 5.91 Å². The first-order chi connectivity index (χ1) is 11.3. The number of anilines is 2. The van der Waals surface area contributed by atoms with Crippen LogP contribution < -0.4 is 4.90 Å². The molecule has 2 nitrogen and oxygen atoms in total. The van der Waals surface area contributed by atoms with Crippen LogP contribution in [0.15, 0.2) is 95.9 Å². The van der Waals surface area contributed by atoms with E-state index in [0.29, 0.717) is 5.75 Å². The zero-order valence-corrected chi connectivity index (χ0v) is 13.4. The van der Waals surface area contributed by atoms with E-state index in [1.165, 1.54) is 0 Å². The summed E-state index contributed by atoms with van der Waals surface area (Å²) in [6, 6.07) is 29.5. The fourth-order valence-corrected chi connectivity index (χ4v) is 3.09. The van der Waals surface area contributed by atoms with Crippen LogP contribution in [0.1, 0.15) is 0 Å². The van der Waals surface area contributed by atoms with E-state index in [1.807, 2.05) is 91.0 Å². The first-order valence-electron chi connectivity index (χ1n) is 7.45. The number of thioether (sulfide) groups is 1. The molecular formula is C20H17NOS. The normalized spacial score (nSPS) is 10.3. The van der Waals surface area contributed by atoms with Crippen molar-refractivity contribution in [2.45, 2.75) is 4.90 Å². The predicted octanol–water partition coefficient (Wildman–Crippen LogP) is 5.14. The maximum atomic E-state index is 12.8. The maximum Gasteiger partial charge on any atom is 0.241 e. The molecule has 0 saturated heterocycles. The minimum absolute atomic E-state index is 0.0660. The van der Waals surface area contributed by atoms with Crippen molar-refractivity contribution in [3.8, 4) is 0 Å². The smallest absolute Gasteiger partial charge is 0.241 e. The summed E-state index contributed by atoms with van der Waals surface area (Å²) in [4.78, 5) is 15.7. The topological polar surface area (TPSA) is 20.3 Å². The van der Waals surface area contributed by atoms with E-state index in [1.54, 1.807) is 16.7 Å². The molecular weight excluding hydrogens is 302 g/mol. The number of rotatable bonds is 5. The molecule has 0 saturated carbocycles. The summed E-state index contributed by atoms with van der Waals surface area (Å²) in [6.07, 6.45) is 0. The molecule has 0 N–H and O–H groups in total. The van der Waals surface area contributed by atoms with Crippen molar-refractivity contribution in [1.29, 1.82) is 0 Å². The third-order valence-electron chi connectivity index (χ3n) is 3.38. The highest BCUT2D eigenvalue weighted by Crippen LogP contribution is 2.27. The van der Waals surface area contributed by atoms with Crippen LogP contribution >= 0.6 is 11.8 Å². The van der Waals surface area contributed by atoms with Crippen molar-refractivity contribution in [3.63, 3.8) is 0 Å². The molecule has 0 atom stereocenters. The number of para-hydroxylation sites is 2. The molecule has 23 heavy (non-hydrogen) atoms. The molecule has 0 unspecified atom stereocenters. The number of hydrogen-bond acceptors (Lipinski definition) is 2. The summed E-state index contributed by atoms with van der Waals surface area (Å²) in [6.45, 7) is 0. The van der Waals surface area contributed by atoms with Gasteiger partial charge in [-0.3, -0.25) is 9.69 Å². The largest absolute Gasteiger partial charge is 0.280 e. The van der Waals surface area contributed by atoms with Crippen molar-refractivity contribution in [1.82, 2.24) is 0 Å². The van der Waals surface area contributed by atoms with Crippen LogP contribution in [0.5, 0.6) is 0 Å². The van der Waals surface area contributed by atoms with Gasteiger partial charge in [0.25, 0.3) is 0 Å². The summed E-state index contributed by atoms with van der Waals surface area (Å²) in [5, 5.41) is 0. The molecule has 0 radical (unpaired) electrons. The lowest BCUT2D eigenvalue weighted by atomic mass is 10.2. The van der Waals surface area contributed by atoms with E-state index in [4.69, 9.17) is 0 Å². The van der Waals surface area contributed by atoms with Crippen LogP contribution in [-0.2, 0) is 4.79 Å². The monoisotopic (exact) mass is 319 g/mol. The van der Waals surface area contributed by atoms with Crippen LogP contribution in [0.4, 0.5) is 11.4 Å². The van der Waals surface area contributed by atoms with Gasteiger partial charge in [0.1, 0.15) is 0 Å². The Bertz CT molecular complexity index is 705. The summed E-state index contributed by atoms with van der Waals surface area (Å²) >= 11 is 1.55. The van der Waals surface area contributed by atoms with Gasteiger partial charge in [-0.05, 0) is 36.4 Å². The molecule has 0 aliphatic rings. The maximum absolute atomic E-state index is 12.8. The van der Waals surface area contributed by atoms with E-state index in [0.717, 1.165) is 16.3 Å². The summed E-state index contributed by atoms with van der Waals surface area (Å²) < 4.78 is 0. The second-order valence-electron chi connectivity index (χ2n) is 5.00. The highest BCUT2D eigenvalue weighted by atomic mass is 32.2. The molecule has 0 bridgehead atoms. The number of carbonyl (C=O) groups is 1. The molecule has 3 rings (SSSR count). The van der Waals surface area contributed by atoms with Crippen LogP contribution in [0.25, 0.3) is 0 Å². The SMILES string of the molecule is O=C(CSc1ccccc1)N(c1ccccc1)c1ccccc1. The lowest BCUT2D eigenvalue weighted by Gasteiger charge is -2.23. The van der Waals surface area contributed by atoms with Gasteiger partial charge in [-0.15, -0.1) is 11.8 Å². The van der Waals surface area contributed by atoms with Crippen molar-refractivity contribution < 1.29 is 4.79 Å². The van der Waals surface area contributed by atoms with Gasteiger partial charge in [0.2, 0.25) is 5.91 Å². The lowest BCUT2D eigenvalue weighted by molar-refractivity contribution is -0.115. The van der Waals surface area contributed by atoms with Crippen molar-refractivity contribution in [2.75, 3.05) is 10.7 Å². The standard InChI is InChI=1S/C20H17NOS/c22-20(16-23-19-14-8-3-9-15-19)21(17-10-4-1-5-11-17)18-12-6-2-7-13-18/h1-15H,16H2.